The van der Waals surface area contributed by atoms with E-state index in [1.807, 2.05) is 0 Å². The fourth-order valence-corrected chi connectivity index (χ4v) is 1.99. The van der Waals surface area contributed by atoms with Gasteiger partial charge in [0, 0.05) is 11.8 Å². The molecule has 1 N–H and O–H groups in total. The zero-order chi connectivity index (χ0) is 14.0. The minimum atomic E-state index is -4.36. The van der Waals surface area contributed by atoms with E-state index in [0.29, 0.717) is 21.9 Å². The zero-order valence-electron chi connectivity index (χ0n) is 9.79. The number of rotatable bonds is 2. The first-order valence-electron chi connectivity index (χ1n) is 5.30. The van der Waals surface area contributed by atoms with Crippen LogP contribution in [-0.2, 0) is 6.18 Å². The van der Waals surface area contributed by atoms with Gasteiger partial charge in [-0.15, -0.1) is 0 Å². The predicted molar refractivity (Wildman–Crippen MR) is 69.2 cm³/mol. The Hall–Kier alpha value is -1.63. The van der Waals surface area contributed by atoms with Crippen LogP contribution in [0.3, 0.4) is 0 Å². The lowest BCUT2D eigenvalue weighted by atomic mass is 10.2. The summed E-state index contributed by atoms with van der Waals surface area (Å²) in [6, 6.07) is 6.53. The normalized spacial score (nSPS) is 11.4. The van der Waals surface area contributed by atoms with Crippen LogP contribution in [0.1, 0.15) is 11.4 Å². The van der Waals surface area contributed by atoms with E-state index in [4.69, 9.17) is 0 Å². The van der Waals surface area contributed by atoms with Gasteiger partial charge in [-0.2, -0.15) is 13.2 Å². The molecule has 19 heavy (non-hydrogen) atoms. The molecule has 0 amide bonds. The van der Waals surface area contributed by atoms with Gasteiger partial charge in [-0.1, -0.05) is 6.07 Å². The summed E-state index contributed by atoms with van der Waals surface area (Å²) in [7, 11) is 0. The number of hydrogen-bond acceptors (Lipinski definition) is 3. The maximum Gasteiger partial charge on any atom is 0.416 e. The van der Waals surface area contributed by atoms with E-state index in [1.165, 1.54) is 6.07 Å². The van der Waals surface area contributed by atoms with Crippen molar-refractivity contribution in [2.75, 3.05) is 5.32 Å². The van der Waals surface area contributed by atoms with Crippen molar-refractivity contribution in [1.29, 1.82) is 0 Å². The number of hydrogen-bond donors (Lipinski definition) is 1. The van der Waals surface area contributed by atoms with Crippen molar-refractivity contribution < 1.29 is 13.2 Å². The summed E-state index contributed by atoms with van der Waals surface area (Å²) < 4.78 is 38.3. The summed E-state index contributed by atoms with van der Waals surface area (Å²) in [5, 5.41) is 2.82. The molecule has 7 heteroatoms. The Labute approximate surface area is 116 Å². The largest absolute Gasteiger partial charge is 0.416 e. The van der Waals surface area contributed by atoms with Crippen molar-refractivity contribution in [1.82, 2.24) is 9.97 Å². The van der Waals surface area contributed by atoms with Crippen molar-refractivity contribution in [3.05, 3.63) is 46.3 Å². The maximum absolute atomic E-state index is 12.6. The molecule has 100 valence electrons. The van der Waals surface area contributed by atoms with Crippen LogP contribution in [0.2, 0.25) is 0 Å². The quantitative estimate of drug-likeness (QED) is 0.833. The van der Waals surface area contributed by atoms with Gasteiger partial charge in [0.15, 0.2) is 0 Å². The maximum atomic E-state index is 12.6. The fourth-order valence-electron chi connectivity index (χ4n) is 1.52. The first-order chi connectivity index (χ1) is 8.84. The molecular weight excluding hydrogens is 323 g/mol. The average molecular weight is 332 g/mol. The molecule has 0 aliphatic rings. The van der Waals surface area contributed by atoms with Crippen LogP contribution >= 0.6 is 15.9 Å². The number of alkyl halides is 3. The Kier molecular flexibility index (Phi) is 3.75. The summed E-state index contributed by atoms with van der Waals surface area (Å²) in [6.45, 7) is 1.70. The van der Waals surface area contributed by atoms with Gasteiger partial charge >= 0.3 is 6.18 Å². The summed E-state index contributed by atoms with van der Waals surface area (Å²) in [6.07, 6.45) is -4.36. The molecule has 0 aliphatic carbocycles. The van der Waals surface area contributed by atoms with Crippen molar-refractivity contribution in [3.63, 3.8) is 0 Å². The Morgan fingerprint density at radius 3 is 2.53 bits per heavy atom. The minimum absolute atomic E-state index is 0.319. The average Bonchev–Trinajstić information content (AvgIpc) is 2.26. The van der Waals surface area contributed by atoms with Crippen molar-refractivity contribution >= 4 is 27.4 Å². The van der Waals surface area contributed by atoms with Crippen LogP contribution in [0.4, 0.5) is 24.7 Å². The standard InChI is InChI=1S/C12H9BrF3N3/c1-7-17-10(13)6-11(18-7)19-9-4-2-3-8(5-9)12(14,15)16/h2-6H,1H3,(H,17,18,19). The third-order valence-corrected chi connectivity index (χ3v) is 2.68. The molecule has 0 aliphatic heterocycles. The van der Waals surface area contributed by atoms with E-state index < -0.39 is 11.7 Å². The summed E-state index contributed by atoms with van der Waals surface area (Å²) >= 11 is 3.20. The fraction of sp³-hybridized carbons (Fsp3) is 0.167. The summed E-state index contributed by atoms with van der Waals surface area (Å²) in [4.78, 5) is 8.11. The topological polar surface area (TPSA) is 37.8 Å². The van der Waals surface area contributed by atoms with Crippen LogP contribution in [0, 0.1) is 6.92 Å². The third-order valence-electron chi connectivity index (χ3n) is 2.27. The van der Waals surface area contributed by atoms with E-state index >= 15 is 0 Å². The van der Waals surface area contributed by atoms with E-state index in [1.54, 1.807) is 19.1 Å². The molecule has 1 aromatic carbocycles. The molecule has 0 saturated heterocycles. The van der Waals surface area contributed by atoms with Gasteiger partial charge in [-0.3, -0.25) is 0 Å². The molecule has 0 fully saturated rings. The van der Waals surface area contributed by atoms with Crippen LogP contribution in [0.15, 0.2) is 34.9 Å². The molecule has 3 nitrogen and oxygen atoms in total. The molecule has 1 heterocycles. The third kappa shape index (κ3) is 3.66. The van der Waals surface area contributed by atoms with Crippen LogP contribution in [0.5, 0.6) is 0 Å². The van der Waals surface area contributed by atoms with Crippen LogP contribution < -0.4 is 5.32 Å². The van der Waals surface area contributed by atoms with E-state index in [-0.39, 0.29) is 0 Å². The van der Waals surface area contributed by atoms with E-state index in [2.05, 4.69) is 31.2 Å². The molecule has 0 saturated carbocycles. The highest BCUT2D eigenvalue weighted by atomic mass is 79.9. The van der Waals surface area contributed by atoms with Gasteiger partial charge in [0.2, 0.25) is 0 Å². The van der Waals surface area contributed by atoms with Gasteiger partial charge in [0.25, 0.3) is 0 Å². The lowest BCUT2D eigenvalue weighted by molar-refractivity contribution is -0.137. The van der Waals surface area contributed by atoms with Crippen molar-refractivity contribution in [2.24, 2.45) is 0 Å². The first kappa shape index (κ1) is 13.8. The van der Waals surface area contributed by atoms with Gasteiger partial charge in [-0.25, -0.2) is 9.97 Å². The van der Waals surface area contributed by atoms with Crippen LogP contribution in [0.25, 0.3) is 0 Å². The van der Waals surface area contributed by atoms with Crippen LogP contribution in [-0.4, -0.2) is 9.97 Å². The second-order valence-corrected chi connectivity index (χ2v) is 4.64. The minimum Gasteiger partial charge on any atom is -0.340 e. The van der Waals surface area contributed by atoms with Crippen molar-refractivity contribution in [2.45, 2.75) is 13.1 Å². The smallest absolute Gasteiger partial charge is 0.340 e. The number of anilines is 2. The second-order valence-electron chi connectivity index (χ2n) is 3.83. The monoisotopic (exact) mass is 331 g/mol. The highest BCUT2D eigenvalue weighted by molar-refractivity contribution is 9.10. The summed E-state index contributed by atoms with van der Waals surface area (Å²) in [5.74, 6) is 0.947. The molecular formula is C12H9BrF3N3. The SMILES string of the molecule is Cc1nc(Br)cc(Nc2cccc(C(F)(F)F)c2)n1. The number of aryl methyl sites for hydroxylation is 1. The number of aromatic nitrogens is 2. The highest BCUT2D eigenvalue weighted by Crippen LogP contribution is 2.31. The molecule has 0 radical (unpaired) electrons. The molecule has 2 aromatic rings. The summed E-state index contributed by atoms with van der Waals surface area (Å²) in [5.41, 5.74) is -0.387. The zero-order valence-corrected chi connectivity index (χ0v) is 11.4. The van der Waals surface area contributed by atoms with E-state index in [0.717, 1.165) is 12.1 Å². The number of nitrogens with one attached hydrogen (secondary N) is 1. The predicted octanol–water partition coefficient (Wildman–Crippen LogP) is 4.31. The van der Waals surface area contributed by atoms with Gasteiger partial charge in [0.1, 0.15) is 16.2 Å². The number of benzene rings is 1. The lowest BCUT2D eigenvalue weighted by Gasteiger charge is -2.10. The Bertz CT molecular complexity index is 579. The molecule has 0 spiro atoms. The van der Waals surface area contributed by atoms with Gasteiger partial charge in [0.05, 0.1) is 5.56 Å². The van der Waals surface area contributed by atoms with E-state index in [9.17, 15) is 13.2 Å². The van der Waals surface area contributed by atoms with Crippen molar-refractivity contribution in [3.8, 4) is 0 Å². The molecule has 0 atom stereocenters. The molecule has 0 unspecified atom stereocenters. The molecule has 1 aromatic heterocycles. The Morgan fingerprint density at radius 2 is 1.89 bits per heavy atom. The first-order valence-corrected chi connectivity index (χ1v) is 6.09. The van der Waals surface area contributed by atoms with Gasteiger partial charge < -0.3 is 5.32 Å². The number of nitrogens with zero attached hydrogens (tertiary/aromatic N) is 2. The lowest BCUT2D eigenvalue weighted by Crippen LogP contribution is -2.05. The molecule has 2 rings (SSSR count). The van der Waals surface area contributed by atoms with Gasteiger partial charge in [-0.05, 0) is 41.1 Å². The molecule has 0 bridgehead atoms. The highest BCUT2D eigenvalue weighted by Gasteiger charge is 2.30. The number of halogens is 4. The Morgan fingerprint density at radius 1 is 1.16 bits per heavy atom. The Balaban J connectivity index is 2.28. The second kappa shape index (κ2) is 5.16.